The molecule has 0 bridgehead atoms. The number of hydrogen-bond acceptors (Lipinski definition) is 4. The molecule has 1 N–H and O–H groups in total. The van der Waals surface area contributed by atoms with E-state index in [4.69, 9.17) is 4.74 Å². The van der Waals surface area contributed by atoms with Crippen LogP contribution in [0.4, 0.5) is 0 Å². The Balaban J connectivity index is 1.68. The Bertz CT molecular complexity index is 979. The Morgan fingerprint density at radius 3 is 2.35 bits per heavy atom. The molecule has 1 saturated heterocycles. The number of amides is 1. The van der Waals surface area contributed by atoms with Crippen molar-refractivity contribution < 1.29 is 17.9 Å². The number of methoxy groups -OCH3 is 1. The maximum absolute atomic E-state index is 13.1. The lowest BCUT2D eigenvalue weighted by Gasteiger charge is -2.22. The third-order valence-electron chi connectivity index (χ3n) is 5.66. The summed E-state index contributed by atoms with van der Waals surface area (Å²) in [5.41, 5.74) is 2.68. The minimum absolute atomic E-state index is 0.0850. The van der Waals surface area contributed by atoms with Gasteiger partial charge in [0, 0.05) is 19.6 Å². The number of likely N-dealkylation sites (tertiary alicyclic amines) is 1. The van der Waals surface area contributed by atoms with Gasteiger partial charge in [0.15, 0.2) is 0 Å². The highest BCUT2D eigenvalue weighted by atomic mass is 32.2. The molecule has 7 heteroatoms. The van der Waals surface area contributed by atoms with Gasteiger partial charge in [-0.15, -0.1) is 0 Å². The number of rotatable bonds is 8. The summed E-state index contributed by atoms with van der Waals surface area (Å²) < 4.78 is 33.6. The Morgan fingerprint density at radius 2 is 1.71 bits per heavy atom. The van der Waals surface area contributed by atoms with Crippen molar-refractivity contribution in [3.8, 4) is 5.75 Å². The van der Waals surface area contributed by atoms with Crippen molar-refractivity contribution in [2.24, 2.45) is 0 Å². The lowest BCUT2D eigenvalue weighted by Crippen LogP contribution is -2.32. The molecule has 2 aromatic rings. The van der Waals surface area contributed by atoms with E-state index in [-0.39, 0.29) is 10.8 Å². The number of benzene rings is 2. The van der Waals surface area contributed by atoms with Crippen molar-refractivity contribution in [3.63, 3.8) is 0 Å². The SMILES string of the molecule is COc1ccc(S(=O)(=O)NCCCc2ccc(C)cc2)cc1C(=O)N1CCCCCC1. The summed E-state index contributed by atoms with van der Waals surface area (Å²) in [5.74, 6) is 0.225. The molecular formula is C24H32N2O4S. The zero-order chi connectivity index (χ0) is 22.3. The van der Waals surface area contributed by atoms with Gasteiger partial charge < -0.3 is 9.64 Å². The van der Waals surface area contributed by atoms with Crippen LogP contribution in [0.25, 0.3) is 0 Å². The molecule has 168 valence electrons. The highest BCUT2D eigenvalue weighted by molar-refractivity contribution is 7.89. The molecule has 0 aliphatic carbocycles. The van der Waals surface area contributed by atoms with Gasteiger partial charge in [-0.25, -0.2) is 13.1 Å². The number of ether oxygens (including phenoxy) is 1. The third-order valence-corrected chi connectivity index (χ3v) is 7.12. The summed E-state index contributed by atoms with van der Waals surface area (Å²) in [6.07, 6.45) is 5.65. The monoisotopic (exact) mass is 444 g/mol. The average molecular weight is 445 g/mol. The molecule has 0 spiro atoms. The quantitative estimate of drug-likeness (QED) is 0.626. The van der Waals surface area contributed by atoms with Gasteiger partial charge in [-0.05, 0) is 56.4 Å². The lowest BCUT2D eigenvalue weighted by atomic mass is 10.1. The van der Waals surface area contributed by atoms with E-state index in [9.17, 15) is 13.2 Å². The number of nitrogens with one attached hydrogen (secondary N) is 1. The van der Waals surface area contributed by atoms with Crippen LogP contribution in [0.5, 0.6) is 5.75 Å². The first-order valence-corrected chi connectivity index (χ1v) is 12.4. The van der Waals surface area contributed by atoms with Crippen LogP contribution in [-0.4, -0.2) is 46.0 Å². The van der Waals surface area contributed by atoms with Crippen LogP contribution in [0.3, 0.4) is 0 Å². The maximum atomic E-state index is 13.1. The van der Waals surface area contributed by atoms with Gasteiger partial charge >= 0.3 is 0 Å². The van der Waals surface area contributed by atoms with Crippen molar-refractivity contribution >= 4 is 15.9 Å². The molecular weight excluding hydrogens is 412 g/mol. The largest absolute Gasteiger partial charge is 0.496 e. The van der Waals surface area contributed by atoms with Crippen LogP contribution in [0.15, 0.2) is 47.4 Å². The third kappa shape index (κ3) is 6.31. The van der Waals surface area contributed by atoms with Gasteiger partial charge in [-0.3, -0.25) is 4.79 Å². The molecule has 1 aliphatic rings. The summed E-state index contributed by atoms with van der Waals surface area (Å²) in [5, 5.41) is 0. The number of carbonyl (C=O) groups excluding carboxylic acids is 1. The van der Waals surface area contributed by atoms with Crippen molar-refractivity contribution in [2.75, 3.05) is 26.7 Å². The fourth-order valence-corrected chi connectivity index (χ4v) is 4.90. The molecule has 3 rings (SSSR count). The second-order valence-electron chi connectivity index (χ2n) is 8.06. The summed E-state index contributed by atoms with van der Waals surface area (Å²) >= 11 is 0. The summed E-state index contributed by atoms with van der Waals surface area (Å²) in [4.78, 5) is 15.0. The Hall–Kier alpha value is -2.38. The number of nitrogens with zero attached hydrogens (tertiary/aromatic N) is 1. The van der Waals surface area contributed by atoms with Crippen molar-refractivity contribution in [1.82, 2.24) is 9.62 Å². The van der Waals surface area contributed by atoms with E-state index in [2.05, 4.69) is 29.0 Å². The first kappa shape index (κ1) is 23.3. The molecule has 0 atom stereocenters. The molecule has 1 aliphatic heterocycles. The van der Waals surface area contributed by atoms with Crippen LogP contribution in [0.2, 0.25) is 0 Å². The number of aryl methyl sites for hydroxylation is 2. The fourth-order valence-electron chi connectivity index (χ4n) is 3.80. The van der Waals surface area contributed by atoms with Crippen molar-refractivity contribution in [1.29, 1.82) is 0 Å². The van der Waals surface area contributed by atoms with Crippen LogP contribution < -0.4 is 9.46 Å². The van der Waals surface area contributed by atoms with E-state index in [1.54, 1.807) is 11.0 Å². The summed E-state index contributed by atoms with van der Waals surface area (Å²) in [7, 11) is -2.22. The van der Waals surface area contributed by atoms with E-state index in [0.29, 0.717) is 37.4 Å². The van der Waals surface area contributed by atoms with E-state index in [0.717, 1.165) is 32.1 Å². The van der Waals surface area contributed by atoms with Crippen molar-refractivity contribution in [3.05, 3.63) is 59.2 Å². The molecule has 1 fully saturated rings. The minimum Gasteiger partial charge on any atom is -0.496 e. The standard InChI is InChI=1S/C24H32N2O4S/c1-19-9-11-20(12-10-19)8-7-15-25-31(28,29)21-13-14-23(30-2)22(18-21)24(27)26-16-5-3-4-6-17-26/h9-14,18,25H,3-8,15-17H2,1-2H3. The molecule has 0 saturated carbocycles. The first-order chi connectivity index (χ1) is 14.9. The smallest absolute Gasteiger partial charge is 0.257 e. The number of carbonyl (C=O) groups is 1. The normalized spacial score (nSPS) is 14.8. The van der Waals surface area contributed by atoms with E-state index < -0.39 is 10.0 Å². The van der Waals surface area contributed by atoms with E-state index in [1.165, 1.54) is 30.4 Å². The van der Waals surface area contributed by atoms with Gasteiger partial charge in [0.05, 0.1) is 17.6 Å². The van der Waals surface area contributed by atoms with Gasteiger partial charge in [-0.2, -0.15) is 0 Å². The highest BCUT2D eigenvalue weighted by Gasteiger charge is 2.24. The second-order valence-corrected chi connectivity index (χ2v) is 9.82. The molecule has 2 aromatic carbocycles. The Kier molecular flexibility index (Phi) is 8.09. The van der Waals surface area contributed by atoms with Gasteiger partial charge in [0.1, 0.15) is 5.75 Å². The van der Waals surface area contributed by atoms with Gasteiger partial charge in [0.2, 0.25) is 10.0 Å². The van der Waals surface area contributed by atoms with Gasteiger partial charge in [0.25, 0.3) is 5.91 Å². The topological polar surface area (TPSA) is 75.7 Å². The van der Waals surface area contributed by atoms with Crippen molar-refractivity contribution in [2.45, 2.75) is 50.3 Å². The molecule has 0 unspecified atom stereocenters. The molecule has 0 radical (unpaired) electrons. The van der Waals surface area contributed by atoms with Crippen LogP contribution in [-0.2, 0) is 16.4 Å². The predicted octanol–water partition coefficient (Wildman–Crippen LogP) is 3.93. The lowest BCUT2D eigenvalue weighted by molar-refractivity contribution is 0.0758. The number of hydrogen-bond donors (Lipinski definition) is 1. The molecule has 1 amide bonds. The molecule has 0 aromatic heterocycles. The highest BCUT2D eigenvalue weighted by Crippen LogP contribution is 2.25. The fraction of sp³-hybridized carbons (Fsp3) is 0.458. The second kappa shape index (κ2) is 10.8. The van der Waals surface area contributed by atoms with E-state index >= 15 is 0 Å². The zero-order valence-electron chi connectivity index (χ0n) is 18.4. The minimum atomic E-state index is -3.72. The Labute approximate surface area is 185 Å². The van der Waals surface area contributed by atoms with Gasteiger partial charge in [-0.1, -0.05) is 42.7 Å². The van der Waals surface area contributed by atoms with E-state index in [1.807, 2.05) is 6.92 Å². The molecule has 31 heavy (non-hydrogen) atoms. The molecule has 6 nitrogen and oxygen atoms in total. The maximum Gasteiger partial charge on any atom is 0.257 e. The summed E-state index contributed by atoms with van der Waals surface area (Å²) in [6, 6.07) is 12.7. The predicted molar refractivity (Wildman–Crippen MR) is 122 cm³/mol. The molecule has 1 heterocycles. The van der Waals surface area contributed by atoms with Crippen LogP contribution in [0.1, 0.15) is 53.6 Å². The summed E-state index contributed by atoms with van der Waals surface area (Å²) in [6.45, 7) is 3.75. The zero-order valence-corrected chi connectivity index (χ0v) is 19.2. The Morgan fingerprint density at radius 1 is 1.03 bits per heavy atom. The van der Waals surface area contributed by atoms with Crippen LogP contribution >= 0.6 is 0 Å². The average Bonchev–Trinajstić information content (AvgIpc) is 3.06. The first-order valence-electron chi connectivity index (χ1n) is 10.9. The van der Waals surface area contributed by atoms with Crippen LogP contribution in [0, 0.1) is 6.92 Å². The number of sulfonamides is 1.